The van der Waals surface area contributed by atoms with Gasteiger partial charge in [-0.3, -0.25) is 4.79 Å². The Hall–Kier alpha value is -0.890. The summed E-state index contributed by atoms with van der Waals surface area (Å²) in [5.74, 6) is -0.290. The quantitative estimate of drug-likeness (QED) is 0.0527. The van der Waals surface area contributed by atoms with Gasteiger partial charge in [-0.15, -0.1) is 0 Å². The first kappa shape index (κ1) is 43.1. The van der Waals surface area contributed by atoms with E-state index in [0.29, 0.717) is 12.8 Å². The summed E-state index contributed by atoms with van der Waals surface area (Å²) in [6, 6.07) is -1.00. The normalized spacial score (nSPS) is 23.7. The van der Waals surface area contributed by atoms with Crippen LogP contribution in [0.25, 0.3) is 0 Å². The molecule has 274 valence electrons. The minimum absolute atomic E-state index is 0.231. The Morgan fingerprint density at radius 3 is 1.72 bits per heavy atom. The summed E-state index contributed by atoms with van der Waals surface area (Å²) < 4.78 is 11.0. The fourth-order valence-electron chi connectivity index (χ4n) is 6.00. The van der Waals surface area contributed by atoms with Crippen molar-refractivity contribution in [1.29, 1.82) is 0 Å². The van der Waals surface area contributed by atoms with Crippen molar-refractivity contribution in [3.8, 4) is 0 Å². The largest absolute Gasteiger partial charge is 0.396 e. The van der Waals surface area contributed by atoms with E-state index in [1.165, 1.54) is 51.4 Å². The maximum Gasteiger partial charge on any atom is 0.220 e. The molecular weight excluding hydrogens is 594 g/mol. The number of ether oxygens (including phenoxy) is 2. The summed E-state index contributed by atoms with van der Waals surface area (Å²) in [5, 5.41) is 73.4. The number of unbranched alkanes of at least 4 members (excludes halogenated alkanes) is 18. The Bertz CT molecular complexity index is 715. The number of carbonyl (C=O) groups excluding carboxylic acids is 1. The van der Waals surface area contributed by atoms with Gasteiger partial charge in [-0.05, 0) is 19.3 Å². The highest BCUT2D eigenvalue weighted by molar-refractivity contribution is 5.76. The zero-order valence-corrected chi connectivity index (χ0v) is 28.7. The second kappa shape index (κ2) is 28.0. The smallest absolute Gasteiger partial charge is 0.220 e. The lowest BCUT2D eigenvalue weighted by atomic mass is 9.98. The highest BCUT2D eigenvalue weighted by Gasteiger charge is 2.44. The van der Waals surface area contributed by atoms with Crippen molar-refractivity contribution >= 4 is 5.91 Å². The molecule has 1 rings (SSSR count). The number of hydrogen-bond donors (Lipinski definition) is 8. The first-order valence-electron chi connectivity index (χ1n) is 18.4. The number of carbonyl (C=O) groups is 1. The van der Waals surface area contributed by atoms with Gasteiger partial charge >= 0.3 is 0 Å². The van der Waals surface area contributed by atoms with E-state index < -0.39 is 55.6 Å². The molecule has 0 spiro atoms. The van der Waals surface area contributed by atoms with E-state index >= 15 is 0 Å². The Kier molecular flexibility index (Phi) is 26.3. The van der Waals surface area contributed by atoms with Crippen molar-refractivity contribution in [3.05, 3.63) is 0 Å². The standard InChI is InChI=1S/C35H69NO10/c1-2-3-4-5-6-7-8-9-10-13-16-19-22-28(39)31(41)27(26-45-35-34(44)33(43)32(42)29(25-38)46-35)36-30(40)23-20-17-14-11-12-15-18-21-24-37/h27-29,31-35,37-39,41-44H,2-26H2,1H3,(H,36,40)/t27-,28+,29?,31-,32-,33-,34+,35-/m0/s1. The maximum atomic E-state index is 12.8. The van der Waals surface area contributed by atoms with Gasteiger partial charge < -0.3 is 50.5 Å². The van der Waals surface area contributed by atoms with Gasteiger partial charge in [-0.25, -0.2) is 0 Å². The molecule has 0 aromatic heterocycles. The van der Waals surface area contributed by atoms with Crippen LogP contribution in [-0.4, -0.2) is 110 Å². The van der Waals surface area contributed by atoms with E-state index in [9.17, 15) is 35.4 Å². The maximum absolute atomic E-state index is 12.8. The van der Waals surface area contributed by atoms with Gasteiger partial charge in [0.25, 0.3) is 0 Å². The Morgan fingerprint density at radius 2 is 1.20 bits per heavy atom. The molecule has 0 aromatic rings. The molecule has 46 heavy (non-hydrogen) atoms. The first-order valence-corrected chi connectivity index (χ1v) is 18.4. The molecule has 11 heteroatoms. The van der Waals surface area contributed by atoms with E-state index in [2.05, 4.69) is 12.2 Å². The van der Waals surface area contributed by atoms with Gasteiger partial charge in [0.05, 0.1) is 25.4 Å². The molecule has 1 saturated heterocycles. The summed E-state index contributed by atoms with van der Waals surface area (Å²) in [5.41, 5.74) is 0. The van der Waals surface area contributed by atoms with Crippen LogP contribution in [0.2, 0.25) is 0 Å². The number of amides is 1. The number of nitrogens with one attached hydrogen (secondary N) is 1. The molecule has 1 unspecified atom stereocenters. The van der Waals surface area contributed by atoms with Gasteiger partial charge in [0.2, 0.25) is 5.91 Å². The second-order valence-electron chi connectivity index (χ2n) is 13.2. The van der Waals surface area contributed by atoms with E-state index in [0.717, 1.165) is 70.6 Å². The molecule has 1 aliphatic rings. The van der Waals surface area contributed by atoms with Crippen LogP contribution in [0.4, 0.5) is 0 Å². The third-order valence-electron chi connectivity index (χ3n) is 9.11. The lowest BCUT2D eigenvalue weighted by molar-refractivity contribution is -0.303. The summed E-state index contributed by atoms with van der Waals surface area (Å²) in [7, 11) is 0. The lowest BCUT2D eigenvalue weighted by Crippen LogP contribution is -2.60. The minimum atomic E-state index is -1.61. The van der Waals surface area contributed by atoms with E-state index in [1.54, 1.807) is 0 Å². The van der Waals surface area contributed by atoms with Crippen molar-refractivity contribution < 1.29 is 50.0 Å². The highest BCUT2D eigenvalue weighted by atomic mass is 16.7. The molecule has 1 aliphatic heterocycles. The average molecular weight is 664 g/mol. The lowest BCUT2D eigenvalue weighted by Gasteiger charge is -2.40. The van der Waals surface area contributed by atoms with Crippen molar-refractivity contribution in [2.45, 2.75) is 197 Å². The van der Waals surface area contributed by atoms with Crippen molar-refractivity contribution in [2.75, 3.05) is 19.8 Å². The van der Waals surface area contributed by atoms with Gasteiger partial charge in [0.15, 0.2) is 6.29 Å². The zero-order chi connectivity index (χ0) is 34.0. The molecule has 0 aromatic carbocycles. The van der Waals surface area contributed by atoms with E-state index in [-0.39, 0.29) is 25.5 Å². The summed E-state index contributed by atoms with van der Waals surface area (Å²) in [6.07, 6.45) is 12.8. The van der Waals surface area contributed by atoms with Crippen LogP contribution < -0.4 is 5.32 Å². The topological polar surface area (TPSA) is 189 Å². The van der Waals surface area contributed by atoms with E-state index in [4.69, 9.17) is 14.6 Å². The summed E-state index contributed by atoms with van der Waals surface area (Å²) in [6.45, 7) is 1.54. The summed E-state index contributed by atoms with van der Waals surface area (Å²) in [4.78, 5) is 12.8. The van der Waals surface area contributed by atoms with Crippen LogP contribution in [0.3, 0.4) is 0 Å². The van der Waals surface area contributed by atoms with Crippen LogP contribution in [-0.2, 0) is 14.3 Å². The fraction of sp³-hybridized carbons (Fsp3) is 0.971. The summed E-state index contributed by atoms with van der Waals surface area (Å²) >= 11 is 0. The van der Waals surface area contributed by atoms with Crippen LogP contribution >= 0.6 is 0 Å². The Morgan fingerprint density at radius 1 is 0.696 bits per heavy atom. The Balaban J connectivity index is 2.51. The predicted molar refractivity (Wildman–Crippen MR) is 178 cm³/mol. The van der Waals surface area contributed by atoms with Gasteiger partial charge in [0, 0.05) is 13.0 Å². The monoisotopic (exact) mass is 663 g/mol. The third-order valence-corrected chi connectivity index (χ3v) is 9.11. The minimum Gasteiger partial charge on any atom is -0.396 e. The third kappa shape index (κ3) is 19.2. The molecule has 11 nitrogen and oxygen atoms in total. The zero-order valence-electron chi connectivity index (χ0n) is 28.7. The van der Waals surface area contributed by atoms with Gasteiger partial charge in [-0.2, -0.15) is 0 Å². The van der Waals surface area contributed by atoms with E-state index in [1.807, 2.05) is 0 Å². The van der Waals surface area contributed by atoms with Crippen molar-refractivity contribution in [3.63, 3.8) is 0 Å². The number of aliphatic hydroxyl groups is 7. The molecule has 8 N–H and O–H groups in total. The van der Waals surface area contributed by atoms with Crippen molar-refractivity contribution in [1.82, 2.24) is 5.32 Å². The molecule has 1 heterocycles. The van der Waals surface area contributed by atoms with Crippen LogP contribution in [0.5, 0.6) is 0 Å². The van der Waals surface area contributed by atoms with Crippen LogP contribution in [0, 0.1) is 0 Å². The van der Waals surface area contributed by atoms with Gasteiger partial charge in [-0.1, -0.05) is 122 Å². The van der Waals surface area contributed by atoms with Crippen molar-refractivity contribution in [2.24, 2.45) is 0 Å². The van der Waals surface area contributed by atoms with Gasteiger partial charge in [0.1, 0.15) is 30.5 Å². The number of aliphatic hydroxyl groups excluding tert-OH is 7. The second-order valence-corrected chi connectivity index (χ2v) is 13.2. The molecule has 8 atom stereocenters. The number of hydrogen-bond acceptors (Lipinski definition) is 10. The SMILES string of the molecule is CCCCCCCCCCCCCC[C@@H](O)[C@@H](O)[C@H](CO[C@H]1OC(CO)[C@H](O)[C@H](O)[C@H]1O)NC(=O)CCCCCCCCCCO. The molecule has 0 aliphatic carbocycles. The average Bonchev–Trinajstić information content (AvgIpc) is 3.05. The highest BCUT2D eigenvalue weighted by Crippen LogP contribution is 2.23. The fourth-order valence-corrected chi connectivity index (χ4v) is 6.00. The molecular formula is C35H69NO10. The van der Waals surface area contributed by atoms with Crippen LogP contribution in [0.1, 0.15) is 148 Å². The predicted octanol–water partition coefficient (Wildman–Crippen LogP) is 3.60. The molecule has 0 radical (unpaired) electrons. The Labute approximate surface area is 278 Å². The van der Waals surface area contributed by atoms with Crippen LogP contribution in [0.15, 0.2) is 0 Å². The molecule has 0 saturated carbocycles. The molecule has 0 bridgehead atoms. The first-order chi connectivity index (χ1) is 22.3. The molecule has 1 amide bonds. The molecule has 1 fully saturated rings. The number of rotatable bonds is 30.